The van der Waals surface area contributed by atoms with E-state index in [0.29, 0.717) is 5.41 Å². The third-order valence-corrected chi connectivity index (χ3v) is 3.62. The first-order valence-electron chi connectivity index (χ1n) is 5.87. The second-order valence-corrected chi connectivity index (χ2v) is 4.96. The van der Waals surface area contributed by atoms with Crippen LogP contribution in [0.2, 0.25) is 0 Å². The van der Waals surface area contributed by atoms with Gasteiger partial charge >= 0.3 is 0 Å². The topological polar surface area (TPSA) is 3.24 Å². The van der Waals surface area contributed by atoms with Crippen LogP contribution in [0.25, 0.3) is 0 Å². The zero-order valence-corrected chi connectivity index (χ0v) is 9.77. The molecule has 0 radical (unpaired) electrons. The van der Waals surface area contributed by atoms with Crippen molar-refractivity contribution in [3.63, 3.8) is 0 Å². The minimum absolute atomic E-state index is 0.695. The molecule has 1 saturated heterocycles. The molecular formula is C12H25N. The van der Waals surface area contributed by atoms with E-state index in [4.69, 9.17) is 0 Å². The maximum absolute atomic E-state index is 2.60. The molecule has 0 saturated carbocycles. The molecule has 0 aliphatic carbocycles. The van der Waals surface area contributed by atoms with E-state index in [0.717, 1.165) is 6.04 Å². The molecule has 1 aliphatic heterocycles. The third kappa shape index (κ3) is 2.46. The van der Waals surface area contributed by atoms with Crippen molar-refractivity contribution in [1.82, 2.24) is 4.90 Å². The van der Waals surface area contributed by atoms with Gasteiger partial charge in [0.25, 0.3) is 0 Å². The van der Waals surface area contributed by atoms with Crippen LogP contribution in [0.15, 0.2) is 0 Å². The van der Waals surface area contributed by atoms with Gasteiger partial charge in [-0.1, -0.05) is 26.7 Å². The van der Waals surface area contributed by atoms with Gasteiger partial charge in [-0.2, -0.15) is 0 Å². The van der Waals surface area contributed by atoms with Gasteiger partial charge in [0.1, 0.15) is 0 Å². The molecule has 1 heteroatoms. The van der Waals surface area contributed by atoms with Crippen molar-refractivity contribution in [2.75, 3.05) is 13.1 Å². The van der Waals surface area contributed by atoms with Gasteiger partial charge in [-0.05, 0) is 32.1 Å². The van der Waals surface area contributed by atoms with Crippen LogP contribution in [0.4, 0.5) is 0 Å². The van der Waals surface area contributed by atoms with Crippen LogP contribution in [0.5, 0.6) is 0 Å². The van der Waals surface area contributed by atoms with E-state index in [1.54, 1.807) is 0 Å². The van der Waals surface area contributed by atoms with E-state index < -0.39 is 0 Å². The lowest BCUT2D eigenvalue weighted by Crippen LogP contribution is -2.58. The molecule has 0 aromatic rings. The number of likely N-dealkylation sites (tertiary alicyclic amines) is 1. The van der Waals surface area contributed by atoms with Crippen LogP contribution in [-0.4, -0.2) is 24.0 Å². The number of rotatable bonds is 5. The summed E-state index contributed by atoms with van der Waals surface area (Å²) in [4.78, 5) is 2.60. The molecular weight excluding hydrogens is 158 g/mol. The first kappa shape index (κ1) is 11.0. The molecule has 0 atom stereocenters. The molecule has 0 aromatic heterocycles. The fourth-order valence-electron chi connectivity index (χ4n) is 2.29. The molecule has 13 heavy (non-hydrogen) atoms. The first-order valence-corrected chi connectivity index (χ1v) is 5.87. The Morgan fingerprint density at radius 1 is 1.23 bits per heavy atom. The van der Waals surface area contributed by atoms with Crippen molar-refractivity contribution < 1.29 is 0 Å². The maximum Gasteiger partial charge on any atom is 0.00531 e. The van der Waals surface area contributed by atoms with E-state index in [1.807, 2.05) is 0 Å². The van der Waals surface area contributed by atoms with Gasteiger partial charge in [-0.15, -0.1) is 0 Å². The van der Waals surface area contributed by atoms with Crippen molar-refractivity contribution in [2.45, 2.75) is 59.4 Å². The molecule has 1 fully saturated rings. The lowest BCUT2D eigenvalue weighted by atomic mass is 9.73. The van der Waals surface area contributed by atoms with Crippen molar-refractivity contribution in [2.24, 2.45) is 5.41 Å². The standard InChI is InChI=1S/C12H25N/c1-5-7-8-12(6-2)9-13(10-12)11(3)4/h11H,5-10H2,1-4H3. The molecule has 1 rings (SSSR count). The molecule has 0 aromatic carbocycles. The van der Waals surface area contributed by atoms with Crippen LogP contribution >= 0.6 is 0 Å². The highest BCUT2D eigenvalue weighted by atomic mass is 15.2. The third-order valence-electron chi connectivity index (χ3n) is 3.62. The summed E-state index contributed by atoms with van der Waals surface area (Å²) in [5.74, 6) is 0. The number of hydrogen-bond acceptors (Lipinski definition) is 1. The van der Waals surface area contributed by atoms with Gasteiger partial charge in [0, 0.05) is 19.1 Å². The highest BCUT2D eigenvalue weighted by molar-refractivity contribution is 4.94. The average Bonchev–Trinajstić information content (AvgIpc) is 2.03. The fraction of sp³-hybridized carbons (Fsp3) is 1.00. The molecule has 0 N–H and O–H groups in total. The summed E-state index contributed by atoms with van der Waals surface area (Å²) in [6.07, 6.45) is 5.59. The lowest BCUT2D eigenvalue weighted by Gasteiger charge is -2.52. The Morgan fingerprint density at radius 2 is 1.85 bits per heavy atom. The second kappa shape index (κ2) is 4.45. The van der Waals surface area contributed by atoms with Crippen molar-refractivity contribution in [3.8, 4) is 0 Å². The molecule has 0 amide bonds. The maximum atomic E-state index is 2.60. The van der Waals surface area contributed by atoms with Gasteiger partial charge in [0.2, 0.25) is 0 Å². The van der Waals surface area contributed by atoms with Crippen molar-refractivity contribution in [1.29, 1.82) is 0 Å². The van der Waals surface area contributed by atoms with Gasteiger partial charge in [-0.25, -0.2) is 0 Å². The Kier molecular flexibility index (Phi) is 3.78. The lowest BCUT2D eigenvalue weighted by molar-refractivity contribution is -0.0319. The van der Waals surface area contributed by atoms with Gasteiger partial charge in [0.05, 0.1) is 0 Å². The fourth-order valence-corrected chi connectivity index (χ4v) is 2.29. The van der Waals surface area contributed by atoms with Crippen LogP contribution in [0, 0.1) is 5.41 Å². The predicted molar refractivity (Wildman–Crippen MR) is 59.0 cm³/mol. The van der Waals surface area contributed by atoms with Crippen molar-refractivity contribution in [3.05, 3.63) is 0 Å². The predicted octanol–water partition coefficient (Wildman–Crippen LogP) is 3.30. The number of unbranched alkanes of at least 4 members (excludes halogenated alkanes) is 1. The van der Waals surface area contributed by atoms with E-state index >= 15 is 0 Å². The minimum Gasteiger partial charge on any atom is -0.300 e. The number of hydrogen-bond donors (Lipinski definition) is 0. The summed E-state index contributed by atoms with van der Waals surface area (Å²) in [7, 11) is 0. The Hall–Kier alpha value is -0.0400. The molecule has 78 valence electrons. The minimum atomic E-state index is 0.695. The molecule has 0 bridgehead atoms. The van der Waals surface area contributed by atoms with Crippen LogP contribution in [0.1, 0.15) is 53.4 Å². The van der Waals surface area contributed by atoms with Crippen LogP contribution in [-0.2, 0) is 0 Å². The Morgan fingerprint density at radius 3 is 2.23 bits per heavy atom. The Balaban J connectivity index is 2.31. The molecule has 1 aliphatic rings. The monoisotopic (exact) mass is 183 g/mol. The normalized spacial score (nSPS) is 21.9. The second-order valence-electron chi connectivity index (χ2n) is 4.96. The van der Waals surface area contributed by atoms with E-state index in [9.17, 15) is 0 Å². The number of nitrogens with zero attached hydrogens (tertiary/aromatic N) is 1. The summed E-state index contributed by atoms with van der Waals surface area (Å²) >= 11 is 0. The van der Waals surface area contributed by atoms with Gasteiger partial charge in [0.15, 0.2) is 0 Å². The largest absolute Gasteiger partial charge is 0.300 e. The van der Waals surface area contributed by atoms with E-state index in [2.05, 4.69) is 32.6 Å². The van der Waals surface area contributed by atoms with Gasteiger partial charge < -0.3 is 0 Å². The molecule has 0 spiro atoms. The summed E-state index contributed by atoms with van der Waals surface area (Å²) in [6, 6.07) is 0.751. The zero-order valence-electron chi connectivity index (χ0n) is 9.77. The van der Waals surface area contributed by atoms with Gasteiger partial charge in [-0.3, -0.25) is 4.90 Å². The van der Waals surface area contributed by atoms with Crippen LogP contribution < -0.4 is 0 Å². The summed E-state index contributed by atoms with van der Waals surface area (Å²) in [5, 5.41) is 0. The van der Waals surface area contributed by atoms with Crippen LogP contribution in [0.3, 0.4) is 0 Å². The smallest absolute Gasteiger partial charge is 0.00531 e. The average molecular weight is 183 g/mol. The summed E-state index contributed by atoms with van der Waals surface area (Å²) in [6.45, 7) is 12.0. The Labute approximate surface area is 83.5 Å². The molecule has 1 nitrogen and oxygen atoms in total. The molecule has 1 heterocycles. The Bertz CT molecular complexity index is 145. The SMILES string of the molecule is CCCCC1(CC)CN(C(C)C)C1. The molecule has 0 unspecified atom stereocenters. The zero-order chi connectivity index (χ0) is 9.90. The van der Waals surface area contributed by atoms with E-state index in [1.165, 1.54) is 38.8 Å². The highest BCUT2D eigenvalue weighted by Crippen LogP contribution is 2.39. The summed E-state index contributed by atoms with van der Waals surface area (Å²) < 4.78 is 0. The van der Waals surface area contributed by atoms with Crippen molar-refractivity contribution >= 4 is 0 Å². The highest BCUT2D eigenvalue weighted by Gasteiger charge is 2.41. The quantitative estimate of drug-likeness (QED) is 0.632. The summed E-state index contributed by atoms with van der Waals surface area (Å²) in [5.41, 5.74) is 0.695. The van der Waals surface area contributed by atoms with E-state index in [-0.39, 0.29) is 0 Å². The first-order chi connectivity index (χ1) is 6.13.